The number of carbonyl (C=O) groups excluding carboxylic acids is 2. The Kier molecular flexibility index (Phi) is 4.22. The minimum absolute atomic E-state index is 0.0110. The molecule has 1 aliphatic rings. The first-order valence-corrected chi connectivity index (χ1v) is 4.93. The Labute approximate surface area is 91.6 Å². The summed E-state index contributed by atoms with van der Waals surface area (Å²) in [7, 11) is 0. The lowest BCUT2D eigenvalue weighted by molar-refractivity contribution is -0.363. The number of esters is 2. The highest BCUT2D eigenvalue weighted by molar-refractivity contribution is 5.72. The van der Waals surface area contributed by atoms with Crippen molar-refractivity contribution < 1.29 is 34.4 Å². The second-order valence-corrected chi connectivity index (χ2v) is 3.48. The normalized spacial score (nSPS) is 23.4. The summed E-state index contributed by atoms with van der Waals surface area (Å²) in [6.07, 6.45) is -1.01. The predicted molar refractivity (Wildman–Crippen MR) is 48.7 cm³/mol. The van der Waals surface area contributed by atoms with Crippen LogP contribution < -0.4 is 0 Å². The molecule has 7 nitrogen and oxygen atoms in total. The predicted octanol–water partition coefficient (Wildman–Crippen LogP) is -1.35. The van der Waals surface area contributed by atoms with Crippen LogP contribution in [0, 0.1) is 0 Å². The van der Waals surface area contributed by atoms with Gasteiger partial charge in [0, 0.05) is 12.8 Å². The van der Waals surface area contributed by atoms with Crippen LogP contribution in [0.5, 0.6) is 0 Å². The van der Waals surface area contributed by atoms with Crippen molar-refractivity contribution in [3.05, 3.63) is 0 Å². The van der Waals surface area contributed by atoms with Crippen LogP contribution in [-0.2, 0) is 19.1 Å². The van der Waals surface area contributed by atoms with Crippen LogP contribution in [-0.4, -0.2) is 45.9 Å². The molecule has 3 N–H and O–H groups in total. The van der Waals surface area contributed by atoms with Gasteiger partial charge in [0.25, 0.3) is 0 Å². The highest BCUT2D eigenvalue weighted by Gasteiger charge is 2.44. The zero-order valence-electron chi connectivity index (χ0n) is 8.59. The Bertz CT molecular complexity index is 255. The zero-order chi connectivity index (χ0) is 12.2. The van der Waals surface area contributed by atoms with E-state index in [1.165, 1.54) is 0 Å². The Morgan fingerprint density at radius 2 is 1.62 bits per heavy atom. The largest absolute Gasteiger partial charge is 0.403 e. The van der Waals surface area contributed by atoms with Gasteiger partial charge in [-0.2, -0.15) is 0 Å². The summed E-state index contributed by atoms with van der Waals surface area (Å²) < 4.78 is 8.89. The average Bonchev–Trinajstić information content (AvgIpc) is 2.27. The summed E-state index contributed by atoms with van der Waals surface area (Å²) in [6, 6.07) is 0. The van der Waals surface area contributed by atoms with E-state index in [1.54, 1.807) is 0 Å². The topological polar surface area (TPSA) is 113 Å². The van der Waals surface area contributed by atoms with E-state index in [0.29, 0.717) is 12.8 Å². The minimum Gasteiger partial charge on any atom is -0.396 e. The van der Waals surface area contributed by atoms with Crippen molar-refractivity contribution in [3.8, 4) is 0 Å². The Balaban J connectivity index is 2.83. The van der Waals surface area contributed by atoms with E-state index >= 15 is 0 Å². The van der Waals surface area contributed by atoms with Gasteiger partial charge in [-0.3, -0.25) is 9.59 Å². The van der Waals surface area contributed by atoms with Crippen LogP contribution in [0.2, 0.25) is 0 Å². The molecule has 16 heavy (non-hydrogen) atoms. The van der Waals surface area contributed by atoms with Gasteiger partial charge < -0.3 is 24.8 Å². The number of carbonyl (C=O) groups is 2. The molecule has 0 aromatic carbocycles. The fourth-order valence-electron chi connectivity index (χ4n) is 1.24. The second-order valence-electron chi connectivity index (χ2n) is 3.48. The maximum absolute atomic E-state index is 11.2. The summed E-state index contributed by atoms with van der Waals surface area (Å²) >= 11 is 0. The molecule has 0 aromatic heterocycles. The fraction of sp³-hybridized carbons (Fsp3) is 0.778. The summed E-state index contributed by atoms with van der Waals surface area (Å²) in [4.78, 5) is 22.3. The number of aliphatic hydroxyl groups is 3. The highest BCUT2D eigenvalue weighted by Crippen LogP contribution is 2.20. The van der Waals surface area contributed by atoms with Crippen molar-refractivity contribution in [2.24, 2.45) is 0 Å². The maximum atomic E-state index is 11.2. The van der Waals surface area contributed by atoms with Crippen molar-refractivity contribution in [2.45, 2.75) is 37.8 Å². The molecule has 1 atom stereocenters. The van der Waals surface area contributed by atoms with E-state index in [4.69, 9.17) is 5.11 Å². The SMILES string of the molecule is O=C1CCCCC(=O)OC(O)(C(O)CO)O1. The van der Waals surface area contributed by atoms with Crippen LogP contribution in [0.25, 0.3) is 0 Å². The van der Waals surface area contributed by atoms with Gasteiger partial charge >= 0.3 is 17.9 Å². The third-order valence-corrected chi connectivity index (χ3v) is 2.13. The fourth-order valence-corrected chi connectivity index (χ4v) is 1.24. The van der Waals surface area contributed by atoms with Crippen molar-refractivity contribution in [1.29, 1.82) is 0 Å². The van der Waals surface area contributed by atoms with Gasteiger partial charge in [0.1, 0.15) is 0 Å². The Hall–Kier alpha value is -1.18. The minimum atomic E-state index is -2.80. The van der Waals surface area contributed by atoms with Gasteiger partial charge in [0.05, 0.1) is 6.61 Å². The maximum Gasteiger partial charge on any atom is 0.403 e. The van der Waals surface area contributed by atoms with Crippen molar-refractivity contribution in [3.63, 3.8) is 0 Å². The van der Waals surface area contributed by atoms with Gasteiger partial charge in [0.2, 0.25) is 0 Å². The molecule has 1 fully saturated rings. The van der Waals surface area contributed by atoms with Crippen LogP contribution in [0.4, 0.5) is 0 Å². The van der Waals surface area contributed by atoms with Gasteiger partial charge in [-0.15, -0.1) is 0 Å². The highest BCUT2D eigenvalue weighted by atomic mass is 16.8. The summed E-state index contributed by atoms with van der Waals surface area (Å²) in [6.45, 7) is -0.906. The van der Waals surface area contributed by atoms with Crippen LogP contribution in [0.1, 0.15) is 25.7 Å². The molecule has 0 amide bonds. The lowest BCUT2D eigenvalue weighted by Crippen LogP contribution is -2.51. The molecule has 1 saturated heterocycles. The first kappa shape index (κ1) is 12.9. The first-order chi connectivity index (χ1) is 7.48. The quantitative estimate of drug-likeness (QED) is 0.506. The molecule has 0 saturated carbocycles. The third kappa shape index (κ3) is 3.16. The number of cyclic esters (lactones) is 2. The molecule has 7 heteroatoms. The van der Waals surface area contributed by atoms with Gasteiger partial charge in [0.15, 0.2) is 6.10 Å². The average molecular weight is 234 g/mol. The van der Waals surface area contributed by atoms with E-state index in [-0.39, 0.29) is 12.8 Å². The molecule has 0 spiro atoms. The molecule has 0 radical (unpaired) electrons. The monoisotopic (exact) mass is 234 g/mol. The summed E-state index contributed by atoms with van der Waals surface area (Å²) in [5, 5.41) is 27.5. The summed E-state index contributed by atoms with van der Waals surface area (Å²) in [5.41, 5.74) is 0. The van der Waals surface area contributed by atoms with Gasteiger partial charge in [-0.1, -0.05) is 0 Å². The van der Waals surface area contributed by atoms with Crippen LogP contribution >= 0.6 is 0 Å². The van der Waals surface area contributed by atoms with Crippen molar-refractivity contribution in [1.82, 2.24) is 0 Å². The number of hydrogen-bond donors (Lipinski definition) is 3. The third-order valence-electron chi connectivity index (χ3n) is 2.13. The molecular formula is C9H14O7. The summed E-state index contributed by atoms with van der Waals surface area (Å²) in [5.74, 6) is -4.40. The number of rotatable bonds is 2. The van der Waals surface area contributed by atoms with Crippen molar-refractivity contribution >= 4 is 11.9 Å². The molecule has 0 aliphatic carbocycles. The Morgan fingerprint density at radius 3 is 2.00 bits per heavy atom. The zero-order valence-corrected chi connectivity index (χ0v) is 8.59. The number of aliphatic hydroxyl groups excluding tert-OH is 2. The van der Waals surface area contributed by atoms with Crippen molar-refractivity contribution in [2.75, 3.05) is 6.61 Å². The van der Waals surface area contributed by atoms with Crippen LogP contribution in [0.15, 0.2) is 0 Å². The number of hydrogen-bond acceptors (Lipinski definition) is 7. The van der Waals surface area contributed by atoms with E-state index in [2.05, 4.69) is 9.47 Å². The van der Waals surface area contributed by atoms with Gasteiger partial charge in [-0.25, -0.2) is 0 Å². The Morgan fingerprint density at radius 1 is 1.19 bits per heavy atom. The molecule has 1 rings (SSSR count). The first-order valence-electron chi connectivity index (χ1n) is 4.93. The van der Waals surface area contributed by atoms with E-state index in [0.717, 1.165) is 0 Å². The molecule has 1 aliphatic heterocycles. The lowest BCUT2D eigenvalue weighted by Gasteiger charge is -2.29. The molecular weight excluding hydrogens is 220 g/mol. The number of ether oxygens (including phenoxy) is 2. The van der Waals surface area contributed by atoms with Crippen LogP contribution in [0.3, 0.4) is 0 Å². The molecule has 92 valence electrons. The molecule has 0 bridgehead atoms. The standard InChI is InChI=1S/C9H14O7/c10-5-6(11)9(14)15-7(12)3-1-2-4-8(13)16-9/h6,10-11,14H,1-5H2. The molecule has 0 aromatic rings. The second kappa shape index (κ2) is 5.24. The molecule has 1 heterocycles. The van der Waals surface area contributed by atoms with E-state index < -0.39 is 30.6 Å². The van der Waals surface area contributed by atoms with Gasteiger partial charge in [-0.05, 0) is 12.8 Å². The smallest absolute Gasteiger partial charge is 0.396 e. The van der Waals surface area contributed by atoms with E-state index in [1.807, 2.05) is 0 Å². The molecule has 1 unspecified atom stereocenters. The lowest BCUT2D eigenvalue weighted by atomic mass is 10.2. The van der Waals surface area contributed by atoms with E-state index in [9.17, 15) is 19.8 Å².